The van der Waals surface area contributed by atoms with E-state index >= 15 is 0 Å². The molecule has 1 fully saturated rings. The highest BCUT2D eigenvalue weighted by atomic mass is 35.5. The van der Waals surface area contributed by atoms with Gasteiger partial charge in [-0.2, -0.15) is 0 Å². The predicted molar refractivity (Wildman–Crippen MR) is 138 cm³/mol. The van der Waals surface area contributed by atoms with Crippen LogP contribution in [0.5, 0.6) is 0 Å². The molecule has 0 heterocycles. The van der Waals surface area contributed by atoms with Crippen LogP contribution in [-0.2, 0) is 20.8 Å². The lowest BCUT2D eigenvalue weighted by atomic mass is 9.65. The van der Waals surface area contributed by atoms with Crippen molar-refractivity contribution in [2.75, 3.05) is 5.32 Å². The topological polar surface area (TPSA) is 139 Å². The van der Waals surface area contributed by atoms with Gasteiger partial charge in [0, 0.05) is 18.0 Å². The molecule has 10 heteroatoms. The van der Waals surface area contributed by atoms with Gasteiger partial charge in [-0.1, -0.05) is 62.2 Å². The van der Waals surface area contributed by atoms with Gasteiger partial charge in [0.25, 0.3) is 5.91 Å². The molecule has 192 valence electrons. The minimum Gasteiger partial charge on any atom is -0.480 e. The van der Waals surface area contributed by atoms with Crippen LogP contribution >= 0.6 is 23.2 Å². The highest BCUT2D eigenvalue weighted by Gasteiger charge is 2.57. The third-order valence-corrected chi connectivity index (χ3v) is 8.17. The second kappa shape index (κ2) is 10.5. The number of anilines is 1. The van der Waals surface area contributed by atoms with Gasteiger partial charge in [0.1, 0.15) is 6.04 Å². The Morgan fingerprint density at radius 3 is 2.14 bits per heavy atom. The summed E-state index contributed by atoms with van der Waals surface area (Å²) in [6.07, 6.45) is 0.929. The normalized spacial score (nSPS) is 21.4. The number of carboxylic acids is 1. The summed E-state index contributed by atoms with van der Waals surface area (Å²) in [6.45, 7) is 5.37. The number of aliphatic carboxylic acids is 1. The minimum absolute atomic E-state index is 0.0336. The molecule has 2 aromatic rings. The van der Waals surface area contributed by atoms with Gasteiger partial charge >= 0.3 is 5.97 Å². The first kappa shape index (κ1) is 27.5. The number of nitrogens with two attached hydrogens (primary N) is 1. The number of carbonyl (C=O) groups excluding carboxylic acids is 3. The molecule has 36 heavy (non-hydrogen) atoms. The lowest BCUT2D eigenvalue weighted by Crippen LogP contribution is -2.51. The van der Waals surface area contributed by atoms with E-state index in [9.17, 15) is 24.3 Å². The monoisotopic (exact) mass is 533 g/mol. The summed E-state index contributed by atoms with van der Waals surface area (Å²) < 4.78 is 0. The van der Waals surface area contributed by atoms with Gasteiger partial charge < -0.3 is 21.5 Å². The van der Waals surface area contributed by atoms with E-state index in [1.807, 2.05) is 13.8 Å². The Morgan fingerprint density at radius 2 is 1.64 bits per heavy atom. The number of primary amides is 1. The van der Waals surface area contributed by atoms with Gasteiger partial charge in [-0.25, -0.2) is 4.79 Å². The SMILES string of the molecule is CC1(C(N)=O)CCC(C(=O)N[C@@H](Cc2ccc(NC(=O)c3c(Cl)cccc3Cl)cc2)C(=O)O)C1(C)C. The fourth-order valence-corrected chi connectivity index (χ4v) is 5.31. The first-order valence-corrected chi connectivity index (χ1v) is 12.2. The number of carbonyl (C=O) groups is 4. The van der Waals surface area contributed by atoms with Crippen molar-refractivity contribution in [2.24, 2.45) is 22.5 Å². The Balaban J connectivity index is 1.68. The first-order valence-electron chi connectivity index (χ1n) is 11.5. The molecule has 5 N–H and O–H groups in total. The Labute approximate surface area is 219 Å². The van der Waals surface area contributed by atoms with Gasteiger partial charge in [-0.05, 0) is 48.1 Å². The first-order chi connectivity index (χ1) is 16.8. The third kappa shape index (κ3) is 5.34. The number of rotatable bonds is 8. The highest BCUT2D eigenvalue weighted by Crippen LogP contribution is 2.55. The van der Waals surface area contributed by atoms with E-state index in [-0.39, 0.29) is 22.0 Å². The van der Waals surface area contributed by atoms with Gasteiger partial charge in [-0.3, -0.25) is 14.4 Å². The van der Waals surface area contributed by atoms with Crippen molar-refractivity contribution < 1.29 is 24.3 Å². The van der Waals surface area contributed by atoms with Crippen LogP contribution in [0.25, 0.3) is 0 Å². The summed E-state index contributed by atoms with van der Waals surface area (Å²) in [7, 11) is 0. The van der Waals surface area contributed by atoms with Crippen molar-refractivity contribution in [1.29, 1.82) is 0 Å². The summed E-state index contributed by atoms with van der Waals surface area (Å²) >= 11 is 12.2. The number of nitrogens with one attached hydrogen (secondary N) is 2. The Kier molecular flexibility index (Phi) is 8.00. The van der Waals surface area contributed by atoms with Crippen molar-refractivity contribution in [1.82, 2.24) is 5.32 Å². The molecule has 0 aromatic heterocycles. The van der Waals surface area contributed by atoms with E-state index in [0.29, 0.717) is 24.1 Å². The molecule has 0 spiro atoms. The van der Waals surface area contributed by atoms with Gasteiger partial charge in [-0.15, -0.1) is 0 Å². The zero-order valence-electron chi connectivity index (χ0n) is 20.2. The summed E-state index contributed by atoms with van der Waals surface area (Å²) in [5.74, 6) is -3.09. The molecule has 0 aliphatic heterocycles. The van der Waals surface area contributed by atoms with Crippen molar-refractivity contribution in [3.8, 4) is 0 Å². The van der Waals surface area contributed by atoms with E-state index in [0.717, 1.165) is 0 Å². The van der Waals surface area contributed by atoms with E-state index in [4.69, 9.17) is 28.9 Å². The number of hydrogen-bond donors (Lipinski definition) is 4. The molecule has 1 saturated carbocycles. The van der Waals surface area contributed by atoms with Crippen LogP contribution in [0.3, 0.4) is 0 Å². The predicted octanol–water partition coefficient (Wildman–Crippen LogP) is 4.29. The molecule has 3 amide bonds. The summed E-state index contributed by atoms with van der Waals surface area (Å²) in [4.78, 5) is 49.6. The number of hydrogen-bond acceptors (Lipinski definition) is 4. The second-order valence-electron chi connectivity index (χ2n) is 9.86. The van der Waals surface area contributed by atoms with Crippen molar-refractivity contribution in [3.63, 3.8) is 0 Å². The fourth-order valence-electron chi connectivity index (χ4n) is 4.74. The van der Waals surface area contributed by atoms with Crippen molar-refractivity contribution in [3.05, 3.63) is 63.6 Å². The number of carboxylic acid groups (broad SMARTS) is 1. The van der Waals surface area contributed by atoms with E-state index in [1.54, 1.807) is 49.4 Å². The quantitative estimate of drug-likeness (QED) is 0.400. The van der Waals surface area contributed by atoms with E-state index in [1.165, 1.54) is 0 Å². The second-order valence-corrected chi connectivity index (χ2v) is 10.7. The third-order valence-electron chi connectivity index (χ3n) is 7.54. The zero-order chi connectivity index (χ0) is 26.8. The highest BCUT2D eigenvalue weighted by molar-refractivity contribution is 6.40. The van der Waals surface area contributed by atoms with Crippen molar-refractivity contribution >= 4 is 52.6 Å². The standard InChI is InChI=1S/C26H29Cl2N3O5/c1-25(2)16(11-12-26(25,3)24(29)36)21(32)31-19(23(34)35)13-14-7-9-15(10-8-14)30-22(33)20-17(27)5-4-6-18(20)28/h4-10,16,19H,11-13H2,1-3H3,(H2,29,36)(H,30,33)(H,31,32)(H,34,35)/t16?,19-,26?/m0/s1. The van der Waals surface area contributed by atoms with E-state index < -0.39 is 46.5 Å². The molecular weight excluding hydrogens is 505 g/mol. The molecule has 0 radical (unpaired) electrons. The van der Waals surface area contributed by atoms with Gasteiger partial charge in [0.2, 0.25) is 11.8 Å². The fraction of sp³-hybridized carbons (Fsp3) is 0.385. The summed E-state index contributed by atoms with van der Waals surface area (Å²) in [5, 5.41) is 15.5. The molecule has 0 saturated heterocycles. The maximum Gasteiger partial charge on any atom is 0.326 e. The summed E-state index contributed by atoms with van der Waals surface area (Å²) in [6, 6.07) is 10.2. The molecule has 2 unspecified atom stereocenters. The number of amides is 3. The van der Waals surface area contributed by atoms with Crippen LogP contribution < -0.4 is 16.4 Å². The largest absolute Gasteiger partial charge is 0.480 e. The van der Waals surface area contributed by atoms with Crippen LogP contribution in [0.4, 0.5) is 5.69 Å². The van der Waals surface area contributed by atoms with Crippen LogP contribution in [0.15, 0.2) is 42.5 Å². The van der Waals surface area contributed by atoms with Gasteiger partial charge in [0.15, 0.2) is 0 Å². The Hall–Kier alpha value is -3.10. The smallest absolute Gasteiger partial charge is 0.326 e. The maximum absolute atomic E-state index is 13.0. The lowest BCUT2D eigenvalue weighted by Gasteiger charge is -2.39. The molecule has 3 atom stereocenters. The van der Waals surface area contributed by atoms with Crippen LogP contribution in [-0.4, -0.2) is 34.8 Å². The molecule has 0 bridgehead atoms. The number of benzene rings is 2. The van der Waals surface area contributed by atoms with E-state index in [2.05, 4.69) is 10.6 Å². The summed E-state index contributed by atoms with van der Waals surface area (Å²) in [5.41, 5.74) is 5.29. The van der Waals surface area contributed by atoms with Crippen LogP contribution in [0.2, 0.25) is 10.0 Å². The van der Waals surface area contributed by atoms with Crippen LogP contribution in [0.1, 0.15) is 49.5 Å². The number of halogens is 2. The molecule has 1 aliphatic rings. The molecule has 1 aliphatic carbocycles. The average Bonchev–Trinajstić information content (AvgIpc) is 3.04. The lowest BCUT2D eigenvalue weighted by molar-refractivity contribution is -0.144. The van der Waals surface area contributed by atoms with Crippen LogP contribution in [0, 0.1) is 16.7 Å². The average molecular weight is 534 g/mol. The zero-order valence-corrected chi connectivity index (χ0v) is 21.7. The molecule has 2 aromatic carbocycles. The van der Waals surface area contributed by atoms with Crippen molar-refractivity contribution in [2.45, 2.75) is 46.1 Å². The Morgan fingerprint density at radius 1 is 1.06 bits per heavy atom. The molecule has 8 nitrogen and oxygen atoms in total. The molecule has 3 rings (SSSR count). The minimum atomic E-state index is -1.18. The Bertz CT molecular complexity index is 1180. The van der Waals surface area contributed by atoms with Gasteiger partial charge in [0.05, 0.1) is 21.0 Å². The maximum atomic E-state index is 13.0. The molecular formula is C26H29Cl2N3O5.